The summed E-state index contributed by atoms with van der Waals surface area (Å²) in [5.74, 6) is 0.350. The Morgan fingerprint density at radius 2 is 1.60 bits per heavy atom. The van der Waals surface area contributed by atoms with Gasteiger partial charge in [-0.3, -0.25) is 0 Å². The number of halogens is 2. The third kappa shape index (κ3) is 2.21. The van der Waals surface area contributed by atoms with Crippen LogP contribution in [0.4, 0.5) is 0 Å². The van der Waals surface area contributed by atoms with E-state index >= 15 is 0 Å². The van der Waals surface area contributed by atoms with Crippen LogP contribution in [0, 0.1) is 0 Å². The first-order chi connectivity index (χ1) is 9.56. The van der Waals surface area contributed by atoms with Crippen LogP contribution >= 0.6 is 27.5 Å². The summed E-state index contributed by atoms with van der Waals surface area (Å²) in [4.78, 5) is 4.52. The summed E-state index contributed by atoms with van der Waals surface area (Å²) in [5.41, 5.74) is 2.15. The van der Waals surface area contributed by atoms with Crippen molar-refractivity contribution in [2.24, 2.45) is 0 Å². The minimum absolute atomic E-state index is 0.161. The van der Waals surface area contributed by atoms with Crippen molar-refractivity contribution in [3.05, 3.63) is 52.0 Å². The molecular weight excluding hydrogens is 342 g/mol. The molecule has 3 rings (SSSR count). The summed E-state index contributed by atoms with van der Waals surface area (Å²) in [5, 5.41) is 20.1. The molecule has 0 aliphatic rings. The van der Waals surface area contributed by atoms with Gasteiger partial charge in [-0.1, -0.05) is 11.6 Å². The lowest BCUT2D eigenvalue weighted by Crippen LogP contribution is -1.89. The maximum atomic E-state index is 9.54. The van der Waals surface area contributed by atoms with Crippen molar-refractivity contribution < 1.29 is 10.2 Å². The van der Waals surface area contributed by atoms with E-state index < -0.39 is 0 Å². The van der Waals surface area contributed by atoms with Gasteiger partial charge in [-0.05, 0) is 58.4 Å². The van der Waals surface area contributed by atoms with Gasteiger partial charge in [-0.15, -0.1) is 0 Å². The van der Waals surface area contributed by atoms with Crippen LogP contribution in [0.25, 0.3) is 22.2 Å². The van der Waals surface area contributed by atoms with E-state index in [9.17, 15) is 10.2 Å². The third-order valence-electron chi connectivity index (χ3n) is 2.99. The number of nitrogens with zero attached hydrogens (tertiary/aromatic N) is 1. The standard InChI is InChI=1S/C15H9BrClNO2/c16-13-11-7-10(20)5-6-12(11)18-15(14(13)17)8-1-3-9(19)4-2-8/h1-7,19-20H. The molecule has 100 valence electrons. The molecule has 0 fully saturated rings. The zero-order valence-electron chi connectivity index (χ0n) is 10.1. The van der Waals surface area contributed by atoms with Crippen LogP contribution in [0.2, 0.25) is 5.02 Å². The van der Waals surface area contributed by atoms with Crippen molar-refractivity contribution in [2.45, 2.75) is 0 Å². The third-order valence-corrected chi connectivity index (χ3v) is 4.41. The SMILES string of the molecule is Oc1ccc(-c2nc3ccc(O)cc3c(Br)c2Cl)cc1. The zero-order chi connectivity index (χ0) is 14.3. The quantitative estimate of drug-likeness (QED) is 0.667. The minimum atomic E-state index is 0.161. The van der Waals surface area contributed by atoms with Gasteiger partial charge >= 0.3 is 0 Å². The Morgan fingerprint density at radius 1 is 0.950 bits per heavy atom. The van der Waals surface area contributed by atoms with E-state index in [2.05, 4.69) is 20.9 Å². The van der Waals surface area contributed by atoms with Crippen molar-refractivity contribution in [3.63, 3.8) is 0 Å². The number of benzene rings is 2. The largest absolute Gasteiger partial charge is 0.508 e. The molecule has 0 aliphatic heterocycles. The molecule has 0 spiro atoms. The van der Waals surface area contributed by atoms with E-state index in [4.69, 9.17) is 11.6 Å². The first-order valence-corrected chi connectivity index (χ1v) is 7.00. The molecule has 0 saturated heterocycles. The number of pyridine rings is 1. The van der Waals surface area contributed by atoms with E-state index in [1.165, 1.54) is 0 Å². The molecule has 0 amide bonds. The Morgan fingerprint density at radius 3 is 2.30 bits per heavy atom. The van der Waals surface area contributed by atoms with Gasteiger partial charge in [0.05, 0.1) is 16.2 Å². The fraction of sp³-hybridized carbons (Fsp3) is 0. The molecule has 1 aromatic heterocycles. The molecule has 5 heteroatoms. The highest BCUT2D eigenvalue weighted by atomic mass is 79.9. The van der Waals surface area contributed by atoms with Crippen LogP contribution in [-0.4, -0.2) is 15.2 Å². The average molecular weight is 351 g/mol. The van der Waals surface area contributed by atoms with Crippen molar-refractivity contribution >= 4 is 38.4 Å². The van der Waals surface area contributed by atoms with E-state index in [0.29, 0.717) is 15.2 Å². The molecule has 1 heterocycles. The fourth-order valence-electron chi connectivity index (χ4n) is 2.00. The van der Waals surface area contributed by atoms with E-state index in [1.807, 2.05) is 0 Å². The number of phenolic OH excluding ortho intramolecular Hbond substituents is 2. The second-order valence-electron chi connectivity index (χ2n) is 4.34. The van der Waals surface area contributed by atoms with Gasteiger partial charge in [0.25, 0.3) is 0 Å². The van der Waals surface area contributed by atoms with Crippen LogP contribution < -0.4 is 0 Å². The van der Waals surface area contributed by atoms with Crippen LogP contribution in [0.15, 0.2) is 46.9 Å². The summed E-state index contributed by atoms with van der Waals surface area (Å²) < 4.78 is 0.683. The van der Waals surface area contributed by atoms with Gasteiger partial charge < -0.3 is 10.2 Å². The van der Waals surface area contributed by atoms with Gasteiger partial charge in [0, 0.05) is 15.4 Å². The number of aromatic hydroxyl groups is 2. The first kappa shape index (κ1) is 13.2. The first-order valence-electron chi connectivity index (χ1n) is 5.83. The van der Waals surface area contributed by atoms with Crippen LogP contribution in [0.3, 0.4) is 0 Å². The predicted octanol–water partition coefficient (Wildman–Crippen LogP) is 4.73. The number of fused-ring (bicyclic) bond motifs is 1. The molecule has 0 unspecified atom stereocenters. The number of aromatic nitrogens is 1. The molecule has 0 bridgehead atoms. The highest BCUT2D eigenvalue weighted by molar-refractivity contribution is 9.10. The van der Waals surface area contributed by atoms with Crippen LogP contribution in [-0.2, 0) is 0 Å². The molecule has 0 atom stereocenters. The van der Waals surface area contributed by atoms with Gasteiger partial charge in [0.1, 0.15) is 11.5 Å². The molecule has 2 N–H and O–H groups in total. The summed E-state index contributed by atoms with van der Waals surface area (Å²) in [6.07, 6.45) is 0. The summed E-state index contributed by atoms with van der Waals surface area (Å²) in [6, 6.07) is 11.6. The monoisotopic (exact) mass is 349 g/mol. The molecule has 20 heavy (non-hydrogen) atoms. The average Bonchev–Trinajstić information content (AvgIpc) is 2.44. The maximum Gasteiger partial charge on any atom is 0.116 e. The van der Waals surface area contributed by atoms with Crippen molar-refractivity contribution in [1.82, 2.24) is 4.98 Å². The lowest BCUT2D eigenvalue weighted by Gasteiger charge is -2.09. The molecule has 3 nitrogen and oxygen atoms in total. The van der Waals surface area contributed by atoms with E-state index in [-0.39, 0.29) is 11.5 Å². The molecule has 0 radical (unpaired) electrons. The molecule has 0 saturated carbocycles. The molecule has 3 aromatic rings. The Bertz CT molecular complexity index is 803. The second kappa shape index (κ2) is 4.96. The normalized spacial score (nSPS) is 10.9. The predicted molar refractivity (Wildman–Crippen MR) is 83.2 cm³/mol. The highest BCUT2D eigenvalue weighted by Crippen LogP contribution is 2.38. The Labute approximate surface area is 128 Å². The molecule has 0 aliphatic carbocycles. The van der Waals surface area contributed by atoms with Gasteiger partial charge in [-0.2, -0.15) is 0 Å². The fourth-order valence-corrected chi connectivity index (χ4v) is 2.76. The molecule has 2 aromatic carbocycles. The van der Waals surface area contributed by atoms with E-state index in [0.717, 1.165) is 16.5 Å². The summed E-state index contributed by atoms with van der Waals surface area (Å²) in [7, 11) is 0. The van der Waals surface area contributed by atoms with Crippen LogP contribution in [0.5, 0.6) is 11.5 Å². The Hall–Kier alpha value is -1.78. The maximum absolute atomic E-state index is 9.54. The number of rotatable bonds is 1. The lowest BCUT2D eigenvalue weighted by atomic mass is 10.1. The van der Waals surface area contributed by atoms with E-state index in [1.54, 1.807) is 42.5 Å². The van der Waals surface area contributed by atoms with Crippen LogP contribution in [0.1, 0.15) is 0 Å². The smallest absolute Gasteiger partial charge is 0.116 e. The number of hydrogen-bond donors (Lipinski definition) is 2. The van der Waals surface area contributed by atoms with Crippen molar-refractivity contribution in [2.75, 3.05) is 0 Å². The highest BCUT2D eigenvalue weighted by Gasteiger charge is 2.13. The Kier molecular flexibility index (Phi) is 3.28. The summed E-state index contributed by atoms with van der Waals surface area (Å²) in [6.45, 7) is 0. The van der Waals surface area contributed by atoms with Gasteiger partial charge in [0.2, 0.25) is 0 Å². The number of phenols is 2. The number of hydrogen-bond acceptors (Lipinski definition) is 3. The second-order valence-corrected chi connectivity index (χ2v) is 5.51. The van der Waals surface area contributed by atoms with Gasteiger partial charge in [-0.25, -0.2) is 4.98 Å². The Balaban J connectivity index is 2.29. The topological polar surface area (TPSA) is 53.4 Å². The lowest BCUT2D eigenvalue weighted by molar-refractivity contribution is 0.475. The van der Waals surface area contributed by atoms with Crippen molar-refractivity contribution in [3.8, 4) is 22.8 Å². The molecular formula is C15H9BrClNO2. The van der Waals surface area contributed by atoms with Gasteiger partial charge in [0.15, 0.2) is 0 Å². The zero-order valence-corrected chi connectivity index (χ0v) is 12.5. The summed E-state index contributed by atoms with van der Waals surface area (Å²) >= 11 is 9.79. The van der Waals surface area contributed by atoms with Crippen molar-refractivity contribution in [1.29, 1.82) is 0 Å². The minimum Gasteiger partial charge on any atom is -0.508 e.